The second kappa shape index (κ2) is 10.0. The average molecular weight is 482 g/mol. The van der Waals surface area contributed by atoms with Crippen LogP contribution in [-0.4, -0.2) is 42.5 Å². The summed E-state index contributed by atoms with van der Waals surface area (Å²) in [5.74, 6) is 1.79. The highest BCUT2D eigenvalue weighted by Gasteiger charge is 2.34. The number of amidine groups is 2. The van der Waals surface area contributed by atoms with Crippen molar-refractivity contribution < 1.29 is 23.8 Å². The van der Waals surface area contributed by atoms with Crippen LogP contribution < -0.4 is 14.2 Å². The topological polar surface area (TPSA) is 93.4 Å². The van der Waals surface area contributed by atoms with Gasteiger partial charge in [-0.15, -0.1) is 5.06 Å². The first-order valence-corrected chi connectivity index (χ1v) is 11.1. The number of rotatable bonds is 8. The molecule has 176 valence electrons. The van der Waals surface area contributed by atoms with Gasteiger partial charge < -0.3 is 19.0 Å². The van der Waals surface area contributed by atoms with Crippen LogP contribution in [0.4, 0.5) is 0 Å². The van der Waals surface area contributed by atoms with Crippen molar-refractivity contribution in [1.82, 2.24) is 5.06 Å². The summed E-state index contributed by atoms with van der Waals surface area (Å²) in [6.45, 7) is 6.52. The van der Waals surface area contributed by atoms with Gasteiger partial charge in [0.2, 0.25) is 0 Å². The molecule has 0 fully saturated rings. The van der Waals surface area contributed by atoms with Crippen LogP contribution in [0.15, 0.2) is 58.8 Å². The molecule has 0 aromatic heterocycles. The van der Waals surface area contributed by atoms with Crippen molar-refractivity contribution in [2.24, 2.45) is 4.99 Å². The third-order valence-electron chi connectivity index (χ3n) is 5.00. The van der Waals surface area contributed by atoms with Crippen LogP contribution in [0.1, 0.15) is 25.0 Å². The predicted molar refractivity (Wildman–Crippen MR) is 130 cm³/mol. The van der Waals surface area contributed by atoms with E-state index >= 15 is 0 Å². The minimum Gasteiger partial charge on any atom is -0.490 e. The van der Waals surface area contributed by atoms with Crippen LogP contribution in [0.3, 0.4) is 0 Å². The van der Waals surface area contributed by atoms with Crippen molar-refractivity contribution in [3.63, 3.8) is 0 Å². The number of allylic oxidation sites excluding steroid dienone is 1. The average Bonchev–Trinajstić information content (AvgIpc) is 3.17. The lowest BCUT2D eigenvalue weighted by Crippen LogP contribution is -2.38. The normalized spacial score (nSPS) is 16.1. The fraction of sp³-hybridized carbons (Fsp3) is 0.240. The Labute approximate surface area is 202 Å². The van der Waals surface area contributed by atoms with Crippen LogP contribution in [0.25, 0.3) is 6.08 Å². The Hall–Kier alpha value is -3.78. The summed E-state index contributed by atoms with van der Waals surface area (Å²) in [7, 11) is 0. The van der Waals surface area contributed by atoms with E-state index in [0.29, 0.717) is 41.1 Å². The Kier molecular flexibility index (Phi) is 6.88. The number of benzene rings is 2. The van der Waals surface area contributed by atoms with Gasteiger partial charge in [0.25, 0.3) is 5.91 Å². The minimum absolute atomic E-state index is 0.0747. The molecule has 8 nitrogen and oxygen atoms in total. The maximum absolute atomic E-state index is 12.5. The molecule has 0 saturated heterocycles. The molecule has 34 heavy (non-hydrogen) atoms. The zero-order valence-electron chi connectivity index (χ0n) is 19.1. The zero-order valence-corrected chi connectivity index (χ0v) is 19.8. The molecule has 2 heterocycles. The van der Waals surface area contributed by atoms with E-state index in [1.54, 1.807) is 25.1 Å². The summed E-state index contributed by atoms with van der Waals surface area (Å²) in [6, 6.07) is 11.1. The quantitative estimate of drug-likeness (QED) is 0.423. The smallest absolute Gasteiger partial charge is 0.282 e. The molecule has 1 N–H and O–H groups in total. The van der Waals surface area contributed by atoms with Crippen LogP contribution in [0.2, 0.25) is 5.02 Å². The first-order valence-electron chi connectivity index (χ1n) is 10.7. The van der Waals surface area contributed by atoms with Gasteiger partial charge in [-0.2, -0.15) is 4.99 Å². The van der Waals surface area contributed by atoms with Gasteiger partial charge in [-0.1, -0.05) is 29.8 Å². The fourth-order valence-electron chi connectivity index (χ4n) is 3.46. The van der Waals surface area contributed by atoms with Gasteiger partial charge in [-0.05, 0) is 56.2 Å². The number of ether oxygens (including phenoxy) is 3. The molecular formula is C25H24ClN3O5. The molecule has 1 amide bonds. The maximum atomic E-state index is 12.5. The number of nitrogens with one attached hydrogen (secondary N) is 1. The number of amides is 1. The molecule has 2 aliphatic heterocycles. The van der Waals surface area contributed by atoms with Crippen molar-refractivity contribution >= 4 is 35.3 Å². The molecule has 0 saturated carbocycles. The van der Waals surface area contributed by atoms with Crippen LogP contribution in [0.5, 0.6) is 17.2 Å². The molecule has 0 bridgehead atoms. The summed E-state index contributed by atoms with van der Waals surface area (Å²) in [4.78, 5) is 22.0. The van der Waals surface area contributed by atoms with Gasteiger partial charge in [-0.25, -0.2) is 0 Å². The van der Waals surface area contributed by atoms with Crippen molar-refractivity contribution in [3.8, 4) is 17.2 Å². The number of fused-ring (bicyclic) bond motifs is 1. The monoisotopic (exact) mass is 481 g/mol. The van der Waals surface area contributed by atoms with Gasteiger partial charge in [0.1, 0.15) is 24.7 Å². The van der Waals surface area contributed by atoms with Gasteiger partial charge in [0.05, 0.1) is 17.2 Å². The lowest BCUT2D eigenvalue weighted by molar-refractivity contribution is -0.114. The SMILES string of the molecule is CCOc1cc(/C=C2\C(=N)N3OC(C)=CC3=NC2=O)cc(Cl)c1OCCOc1ccccc1C. The second-order valence-corrected chi connectivity index (χ2v) is 7.96. The number of carbonyl (C=O) groups is 1. The molecule has 0 spiro atoms. The number of hydroxylamine groups is 2. The number of aryl methyl sites for hydroxylation is 1. The Bertz CT molecular complexity index is 1240. The largest absolute Gasteiger partial charge is 0.490 e. The lowest BCUT2D eigenvalue weighted by atomic mass is 10.1. The molecule has 0 radical (unpaired) electrons. The number of carbonyl (C=O) groups excluding carboxylic acids is 1. The van der Waals surface area contributed by atoms with Gasteiger partial charge in [-0.3, -0.25) is 10.2 Å². The highest BCUT2D eigenvalue weighted by molar-refractivity contribution is 6.33. The standard InChI is InChI=1S/C25H24ClN3O5/c1-4-31-21-14-17(12-18-24(27)29-22(28-25(18)30)11-16(3)34-29)13-19(26)23(21)33-10-9-32-20-8-6-5-7-15(20)2/h5-8,11-14,27H,4,9-10H2,1-3H3/b18-12+,27-24?. The highest BCUT2D eigenvalue weighted by Crippen LogP contribution is 2.38. The molecule has 4 rings (SSSR count). The van der Waals surface area contributed by atoms with E-state index in [-0.39, 0.29) is 23.9 Å². The molecular weight excluding hydrogens is 458 g/mol. The van der Waals surface area contributed by atoms with E-state index in [2.05, 4.69) is 4.99 Å². The van der Waals surface area contributed by atoms with E-state index < -0.39 is 5.91 Å². The molecule has 2 aromatic carbocycles. The van der Waals surface area contributed by atoms with Gasteiger partial charge in [0.15, 0.2) is 23.2 Å². The van der Waals surface area contributed by atoms with Crippen molar-refractivity contribution in [1.29, 1.82) is 5.41 Å². The molecule has 2 aliphatic rings. The molecule has 0 aliphatic carbocycles. The van der Waals surface area contributed by atoms with E-state index in [0.717, 1.165) is 11.3 Å². The number of halogens is 1. The van der Waals surface area contributed by atoms with E-state index in [9.17, 15) is 4.79 Å². The van der Waals surface area contributed by atoms with Crippen molar-refractivity contribution in [2.75, 3.05) is 19.8 Å². The van der Waals surface area contributed by atoms with Crippen molar-refractivity contribution in [2.45, 2.75) is 20.8 Å². The number of aliphatic imine (C=N–C) groups is 1. The number of hydrogen-bond donors (Lipinski definition) is 1. The Morgan fingerprint density at radius 3 is 2.65 bits per heavy atom. The Morgan fingerprint density at radius 1 is 1.12 bits per heavy atom. The summed E-state index contributed by atoms with van der Waals surface area (Å²) in [6.07, 6.45) is 3.13. The zero-order chi connectivity index (χ0) is 24.2. The summed E-state index contributed by atoms with van der Waals surface area (Å²) < 4.78 is 17.4. The number of hydrogen-bond acceptors (Lipinski definition) is 6. The van der Waals surface area contributed by atoms with E-state index in [4.69, 9.17) is 36.1 Å². The van der Waals surface area contributed by atoms with Gasteiger partial charge >= 0.3 is 0 Å². The first kappa shape index (κ1) is 23.4. The second-order valence-electron chi connectivity index (χ2n) is 7.55. The highest BCUT2D eigenvalue weighted by atomic mass is 35.5. The third kappa shape index (κ3) is 4.92. The lowest BCUT2D eigenvalue weighted by Gasteiger charge is -2.23. The third-order valence-corrected chi connectivity index (χ3v) is 5.28. The first-order chi connectivity index (χ1) is 16.4. The van der Waals surface area contributed by atoms with E-state index in [1.165, 1.54) is 11.1 Å². The molecule has 9 heteroatoms. The molecule has 0 unspecified atom stereocenters. The Morgan fingerprint density at radius 2 is 1.88 bits per heavy atom. The van der Waals surface area contributed by atoms with Gasteiger partial charge in [0, 0.05) is 6.08 Å². The summed E-state index contributed by atoms with van der Waals surface area (Å²) in [5.41, 5.74) is 1.68. The summed E-state index contributed by atoms with van der Waals surface area (Å²) >= 11 is 6.51. The van der Waals surface area contributed by atoms with Crippen molar-refractivity contribution in [3.05, 3.63) is 70.0 Å². The Balaban J connectivity index is 1.51. The number of para-hydroxylation sites is 1. The fourth-order valence-corrected chi connectivity index (χ4v) is 3.73. The molecule has 0 atom stereocenters. The number of nitrogens with zero attached hydrogens (tertiary/aromatic N) is 2. The summed E-state index contributed by atoms with van der Waals surface area (Å²) in [5, 5.41) is 9.88. The maximum Gasteiger partial charge on any atom is 0.282 e. The minimum atomic E-state index is -0.534. The van der Waals surface area contributed by atoms with Crippen LogP contribution in [0, 0.1) is 12.3 Å². The molecule has 2 aromatic rings. The van der Waals surface area contributed by atoms with Crippen LogP contribution in [-0.2, 0) is 9.63 Å². The predicted octanol–water partition coefficient (Wildman–Crippen LogP) is 4.96. The van der Waals surface area contributed by atoms with Crippen LogP contribution >= 0.6 is 11.6 Å². The van der Waals surface area contributed by atoms with E-state index in [1.807, 2.05) is 38.1 Å².